The molecule has 2 aliphatic rings. The fourth-order valence-corrected chi connectivity index (χ4v) is 2.63. The number of hydrogen-bond acceptors (Lipinski definition) is 3. The predicted molar refractivity (Wildman–Crippen MR) is 72.1 cm³/mol. The number of carbonyl (C=O) groups is 2. The van der Waals surface area contributed by atoms with E-state index in [0.29, 0.717) is 24.4 Å². The molecule has 1 atom stereocenters. The molecular formula is C14H15N3O3. The maximum absolute atomic E-state index is 12.3. The Hall–Kier alpha value is -2.50. The van der Waals surface area contributed by atoms with E-state index in [2.05, 4.69) is 17.2 Å². The Kier molecular flexibility index (Phi) is 2.50. The molecule has 1 aromatic rings. The van der Waals surface area contributed by atoms with Crippen molar-refractivity contribution >= 4 is 11.9 Å². The number of carbonyl (C=O) groups excluding carboxylic acids is 2. The van der Waals surface area contributed by atoms with Crippen LogP contribution in [-0.2, 0) is 6.54 Å². The number of hydrogen-bond donors (Lipinski definition) is 3. The highest BCUT2D eigenvalue weighted by molar-refractivity contribution is 5.99. The van der Waals surface area contributed by atoms with Crippen molar-refractivity contribution in [1.82, 2.24) is 15.5 Å². The molecule has 3 N–H and O–H groups in total. The van der Waals surface area contributed by atoms with E-state index in [4.69, 9.17) is 0 Å². The molecule has 2 aliphatic heterocycles. The Balaban J connectivity index is 1.83. The number of aromatic hydroxyl groups is 1. The largest absolute Gasteiger partial charge is 0.508 e. The number of urea groups is 1. The smallest absolute Gasteiger partial charge is 0.319 e. The van der Waals surface area contributed by atoms with E-state index in [1.54, 1.807) is 17.0 Å². The lowest BCUT2D eigenvalue weighted by Crippen LogP contribution is -2.49. The van der Waals surface area contributed by atoms with E-state index < -0.39 is 5.54 Å². The normalized spacial score (nSPS) is 24.6. The SMILES string of the molecule is C=C1NC(=O)NC1(C)CN1Cc2ccc(O)cc2C1=O. The molecule has 1 aromatic carbocycles. The summed E-state index contributed by atoms with van der Waals surface area (Å²) in [6.45, 7) is 6.43. The van der Waals surface area contributed by atoms with Gasteiger partial charge >= 0.3 is 6.03 Å². The van der Waals surface area contributed by atoms with Crippen LogP contribution in [-0.4, -0.2) is 34.0 Å². The van der Waals surface area contributed by atoms with Crippen LogP contribution in [0.2, 0.25) is 0 Å². The number of rotatable bonds is 2. The molecule has 3 amide bonds. The summed E-state index contributed by atoms with van der Waals surface area (Å²) in [5.74, 6) is -0.0727. The van der Waals surface area contributed by atoms with Crippen LogP contribution in [0.15, 0.2) is 30.5 Å². The lowest BCUT2D eigenvalue weighted by Gasteiger charge is -2.29. The van der Waals surface area contributed by atoms with Gasteiger partial charge in [0.05, 0.1) is 5.54 Å². The van der Waals surface area contributed by atoms with E-state index in [-0.39, 0.29) is 17.7 Å². The number of benzene rings is 1. The number of fused-ring (bicyclic) bond motifs is 1. The summed E-state index contributed by atoms with van der Waals surface area (Å²) in [4.78, 5) is 25.3. The van der Waals surface area contributed by atoms with Gasteiger partial charge in [-0.2, -0.15) is 0 Å². The molecule has 3 rings (SSSR count). The van der Waals surface area contributed by atoms with Crippen molar-refractivity contribution in [1.29, 1.82) is 0 Å². The second-order valence-corrected chi connectivity index (χ2v) is 5.39. The molecule has 0 aromatic heterocycles. The monoisotopic (exact) mass is 273 g/mol. The van der Waals surface area contributed by atoms with Gasteiger partial charge in [0.25, 0.3) is 5.91 Å². The first kappa shape index (κ1) is 12.5. The first-order valence-corrected chi connectivity index (χ1v) is 6.29. The zero-order chi connectivity index (χ0) is 14.5. The zero-order valence-electron chi connectivity index (χ0n) is 11.1. The minimum atomic E-state index is -0.684. The summed E-state index contributed by atoms with van der Waals surface area (Å²) in [6, 6.07) is 4.47. The first-order valence-electron chi connectivity index (χ1n) is 6.29. The third-order valence-electron chi connectivity index (χ3n) is 3.80. The molecule has 0 spiro atoms. The molecule has 0 bridgehead atoms. The van der Waals surface area contributed by atoms with E-state index in [9.17, 15) is 14.7 Å². The van der Waals surface area contributed by atoms with Crippen LogP contribution in [0.1, 0.15) is 22.8 Å². The van der Waals surface area contributed by atoms with E-state index in [1.807, 2.05) is 6.92 Å². The highest BCUT2D eigenvalue weighted by atomic mass is 16.3. The first-order chi connectivity index (χ1) is 9.39. The van der Waals surface area contributed by atoms with Gasteiger partial charge in [0, 0.05) is 24.4 Å². The summed E-state index contributed by atoms with van der Waals surface area (Å²) in [5.41, 5.74) is 1.25. The van der Waals surface area contributed by atoms with Crippen LogP contribution < -0.4 is 10.6 Å². The predicted octanol–water partition coefficient (Wildman–Crippen LogP) is 0.933. The molecule has 0 aliphatic carbocycles. The van der Waals surface area contributed by atoms with Crippen molar-refractivity contribution in [3.05, 3.63) is 41.6 Å². The number of amides is 3. The molecule has 1 saturated heterocycles. The summed E-state index contributed by atoms with van der Waals surface area (Å²) in [5, 5.41) is 14.8. The second kappa shape index (κ2) is 4.00. The Morgan fingerprint density at radius 1 is 1.45 bits per heavy atom. The maximum atomic E-state index is 12.3. The molecule has 6 heteroatoms. The van der Waals surface area contributed by atoms with E-state index in [0.717, 1.165) is 5.56 Å². The third kappa shape index (κ3) is 1.80. The summed E-state index contributed by atoms with van der Waals surface area (Å²) >= 11 is 0. The Morgan fingerprint density at radius 2 is 2.20 bits per heavy atom. The number of phenolic OH excluding ortho intramolecular Hbond substituents is 1. The van der Waals surface area contributed by atoms with Crippen LogP contribution in [0, 0.1) is 0 Å². The van der Waals surface area contributed by atoms with Crippen LogP contribution in [0.5, 0.6) is 5.75 Å². The van der Waals surface area contributed by atoms with E-state index >= 15 is 0 Å². The van der Waals surface area contributed by atoms with Gasteiger partial charge in [-0.15, -0.1) is 0 Å². The fraction of sp³-hybridized carbons (Fsp3) is 0.286. The van der Waals surface area contributed by atoms with Crippen LogP contribution >= 0.6 is 0 Å². The quantitative estimate of drug-likeness (QED) is 0.750. The van der Waals surface area contributed by atoms with Gasteiger partial charge in [-0.1, -0.05) is 12.6 Å². The highest BCUT2D eigenvalue weighted by Gasteiger charge is 2.41. The number of nitrogens with zero attached hydrogens (tertiary/aromatic N) is 1. The molecule has 104 valence electrons. The van der Waals surface area contributed by atoms with Crippen molar-refractivity contribution in [2.75, 3.05) is 6.54 Å². The van der Waals surface area contributed by atoms with Crippen molar-refractivity contribution in [3.8, 4) is 5.75 Å². The Labute approximate surface area is 116 Å². The van der Waals surface area contributed by atoms with Crippen molar-refractivity contribution in [2.45, 2.75) is 19.0 Å². The Morgan fingerprint density at radius 3 is 2.85 bits per heavy atom. The average Bonchev–Trinajstić information content (AvgIpc) is 2.79. The topological polar surface area (TPSA) is 81.7 Å². The molecule has 2 heterocycles. The van der Waals surface area contributed by atoms with Gasteiger partial charge < -0.3 is 20.6 Å². The molecule has 1 fully saturated rings. The van der Waals surface area contributed by atoms with Crippen LogP contribution in [0.3, 0.4) is 0 Å². The molecule has 0 radical (unpaired) electrons. The van der Waals surface area contributed by atoms with Gasteiger partial charge in [-0.3, -0.25) is 4.79 Å². The number of nitrogens with one attached hydrogen (secondary N) is 2. The Bertz CT molecular complexity index is 641. The molecular weight excluding hydrogens is 258 g/mol. The zero-order valence-corrected chi connectivity index (χ0v) is 11.1. The van der Waals surface area contributed by atoms with Crippen molar-refractivity contribution < 1.29 is 14.7 Å². The lowest BCUT2D eigenvalue weighted by molar-refractivity contribution is 0.0748. The van der Waals surface area contributed by atoms with Gasteiger partial charge in [0.15, 0.2) is 0 Å². The second-order valence-electron chi connectivity index (χ2n) is 5.39. The molecule has 0 saturated carbocycles. The minimum absolute atomic E-state index is 0.0745. The van der Waals surface area contributed by atoms with Gasteiger partial charge in [0.1, 0.15) is 5.75 Å². The van der Waals surface area contributed by atoms with Crippen molar-refractivity contribution in [3.63, 3.8) is 0 Å². The lowest BCUT2D eigenvalue weighted by atomic mass is 10.00. The molecule has 20 heavy (non-hydrogen) atoms. The average molecular weight is 273 g/mol. The molecule has 6 nitrogen and oxygen atoms in total. The number of phenols is 1. The van der Waals surface area contributed by atoms with Crippen LogP contribution in [0.25, 0.3) is 0 Å². The standard InChI is InChI=1S/C14H15N3O3/c1-8-14(2,16-13(20)15-8)7-17-6-9-3-4-10(18)5-11(9)12(17)19/h3-5,18H,1,6-7H2,2H3,(H2,15,16,20). The van der Waals surface area contributed by atoms with E-state index in [1.165, 1.54) is 6.07 Å². The summed E-state index contributed by atoms with van der Waals surface area (Å²) in [6.07, 6.45) is 0. The van der Waals surface area contributed by atoms with Gasteiger partial charge in [0.2, 0.25) is 0 Å². The minimum Gasteiger partial charge on any atom is -0.508 e. The summed E-state index contributed by atoms with van der Waals surface area (Å²) < 4.78 is 0. The van der Waals surface area contributed by atoms with Crippen molar-refractivity contribution in [2.24, 2.45) is 0 Å². The summed E-state index contributed by atoms with van der Waals surface area (Å²) in [7, 11) is 0. The molecule has 1 unspecified atom stereocenters. The third-order valence-corrected chi connectivity index (χ3v) is 3.80. The van der Waals surface area contributed by atoms with Gasteiger partial charge in [-0.25, -0.2) is 4.79 Å². The van der Waals surface area contributed by atoms with Crippen LogP contribution in [0.4, 0.5) is 4.79 Å². The van der Waals surface area contributed by atoms with Gasteiger partial charge in [-0.05, 0) is 24.6 Å². The maximum Gasteiger partial charge on any atom is 0.319 e. The fourth-order valence-electron chi connectivity index (χ4n) is 2.63. The highest BCUT2D eigenvalue weighted by Crippen LogP contribution is 2.29.